The Morgan fingerprint density at radius 1 is 1.14 bits per heavy atom. The molecule has 0 aliphatic carbocycles. The van der Waals surface area contributed by atoms with Crippen LogP contribution in [-0.4, -0.2) is 26.8 Å². The van der Waals surface area contributed by atoms with E-state index >= 15 is 0 Å². The van der Waals surface area contributed by atoms with Gasteiger partial charge in [0.15, 0.2) is 0 Å². The van der Waals surface area contributed by atoms with Crippen molar-refractivity contribution in [3.8, 4) is 0 Å². The van der Waals surface area contributed by atoms with Gasteiger partial charge in [-0.15, -0.1) is 0 Å². The van der Waals surface area contributed by atoms with Crippen molar-refractivity contribution in [1.29, 1.82) is 0 Å². The van der Waals surface area contributed by atoms with Crippen LogP contribution in [0.4, 0.5) is 4.39 Å². The fraction of sp³-hybridized carbons (Fsp3) is 0.286. The van der Waals surface area contributed by atoms with Crippen LogP contribution in [0, 0.1) is 5.82 Å². The molecule has 1 heterocycles. The highest BCUT2D eigenvalue weighted by atomic mass is 32.2. The number of sulfonamides is 1. The van der Waals surface area contributed by atoms with Crippen LogP contribution in [0.15, 0.2) is 45.9 Å². The van der Waals surface area contributed by atoms with E-state index in [0.717, 1.165) is 4.31 Å². The molecule has 2 rings (SSSR count). The van der Waals surface area contributed by atoms with Crippen LogP contribution in [0.2, 0.25) is 0 Å². The van der Waals surface area contributed by atoms with Crippen LogP contribution in [0.25, 0.3) is 0 Å². The minimum atomic E-state index is -3.56. The van der Waals surface area contributed by atoms with Crippen LogP contribution < -0.4 is 5.32 Å². The summed E-state index contributed by atoms with van der Waals surface area (Å²) in [6.45, 7) is 0.653. The minimum absolute atomic E-state index is 0.102. The van der Waals surface area contributed by atoms with Crippen LogP contribution in [0.3, 0.4) is 0 Å². The van der Waals surface area contributed by atoms with Gasteiger partial charge >= 0.3 is 0 Å². The minimum Gasteiger partial charge on any atom is -0.447 e. The quantitative estimate of drug-likeness (QED) is 0.886. The first-order valence-corrected chi connectivity index (χ1v) is 7.80. The van der Waals surface area contributed by atoms with Gasteiger partial charge in [-0.05, 0) is 18.2 Å². The molecule has 0 radical (unpaired) electrons. The van der Waals surface area contributed by atoms with Crippen LogP contribution >= 0.6 is 0 Å². The summed E-state index contributed by atoms with van der Waals surface area (Å²) in [5.74, 6) is 0.201. The van der Waals surface area contributed by atoms with Crippen molar-refractivity contribution in [1.82, 2.24) is 9.62 Å². The predicted molar refractivity (Wildman–Crippen MR) is 76.5 cm³/mol. The predicted octanol–water partition coefficient (Wildman–Crippen LogP) is 1.96. The average molecular weight is 312 g/mol. The third-order valence-corrected chi connectivity index (χ3v) is 4.63. The van der Waals surface area contributed by atoms with E-state index < -0.39 is 10.0 Å². The zero-order chi connectivity index (χ0) is 15.5. The Morgan fingerprint density at radius 2 is 1.86 bits per heavy atom. The number of furan rings is 1. The first-order valence-electron chi connectivity index (χ1n) is 6.36. The standard InChI is InChI=1S/C14H17FN2O3S/c1-17(2)21(18,19)14-8-7-12(20-14)10-16-9-11-5-3-4-6-13(11)15/h3-8,16H,9-10H2,1-2H3. The highest BCUT2D eigenvalue weighted by Crippen LogP contribution is 2.16. The van der Waals surface area contributed by atoms with Crippen molar-refractivity contribution < 1.29 is 17.2 Å². The van der Waals surface area contributed by atoms with Crippen LogP contribution in [-0.2, 0) is 23.1 Å². The van der Waals surface area contributed by atoms with Crippen molar-refractivity contribution in [3.05, 3.63) is 53.5 Å². The maximum absolute atomic E-state index is 13.4. The molecule has 0 saturated heterocycles. The number of rotatable bonds is 6. The summed E-state index contributed by atoms with van der Waals surface area (Å²) in [6.07, 6.45) is 0. The molecule has 0 fully saturated rings. The van der Waals surface area contributed by atoms with Gasteiger partial charge < -0.3 is 9.73 Å². The summed E-state index contributed by atoms with van der Waals surface area (Å²) in [5.41, 5.74) is 0.546. The number of nitrogens with one attached hydrogen (secondary N) is 1. The number of benzene rings is 1. The third-order valence-electron chi connectivity index (χ3n) is 2.94. The molecule has 1 N–H and O–H groups in total. The Bertz CT molecular complexity index is 711. The highest BCUT2D eigenvalue weighted by molar-refractivity contribution is 7.88. The van der Waals surface area contributed by atoms with Crippen molar-refractivity contribution >= 4 is 10.0 Å². The van der Waals surface area contributed by atoms with Crippen molar-refractivity contribution in [2.75, 3.05) is 14.1 Å². The van der Waals surface area contributed by atoms with Gasteiger partial charge in [0.25, 0.3) is 10.0 Å². The van der Waals surface area contributed by atoms with Gasteiger partial charge in [0, 0.05) is 26.2 Å². The van der Waals surface area contributed by atoms with Gasteiger partial charge in [0.2, 0.25) is 5.09 Å². The molecule has 5 nitrogen and oxygen atoms in total. The van der Waals surface area contributed by atoms with E-state index in [0.29, 0.717) is 24.4 Å². The SMILES string of the molecule is CN(C)S(=O)(=O)c1ccc(CNCc2ccccc2F)o1. The lowest BCUT2D eigenvalue weighted by Crippen LogP contribution is -2.21. The summed E-state index contributed by atoms with van der Waals surface area (Å²) >= 11 is 0. The van der Waals surface area contributed by atoms with E-state index in [9.17, 15) is 12.8 Å². The first kappa shape index (κ1) is 15.7. The van der Waals surface area contributed by atoms with Gasteiger partial charge in [-0.3, -0.25) is 0 Å². The molecule has 0 saturated carbocycles. The topological polar surface area (TPSA) is 62.6 Å². The number of halogens is 1. The number of nitrogens with zero attached hydrogens (tertiary/aromatic N) is 1. The fourth-order valence-electron chi connectivity index (χ4n) is 1.73. The van der Waals surface area contributed by atoms with E-state index in [1.54, 1.807) is 24.3 Å². The lowest BCUT2D eigenvalue weighted by Gasteiger charge is -2.08. The molecule has 1 aromatic heterocycles. The normalized spacial score (nSPS) is 12.0. The second-order valence-corrected chi connectivity index (χ2v) is 6.79. The molecule has 0 amide bonds. The largest absolute Gasteiger partial charge is 0.447 e. The molecule has 7 heteroatoms. The molecule has 21 heavy (non-hydrogen) atoms. The van der Waals surface area contributed by atoms with Crippen molar-refractivity contribution in [3.63, 3.8) is 0 Å². The monoisotopic (exact) mass is 312 g/mol. The van der Waals surface area contributed by atoms with Crippen LogP contribution in [0.5, 0.6) is 0 Å². The van der Waals surface area contributed by atoms with Gasteiger partial charge in [-0.25, -0.2) is 17.1 Å². The molecule has 0 unspecified atom stereocenters. The molecule has 114 valence electrons. The molecule has 0 aliphatic rings. The van der Waals surface area contributed by atoms with E-state index in [4.69, 9.17) is 4.42 Å². The molecule has 2 aromatic rings. The highest BCUT2D eigenvalue weighted by Gasteiger charge is 2.21. The smallest absolute Gasteiger partial charge is 0.275 e. The summed E-state index contributed by atoms with van der Waals surface area (Å²) in [7, 11) is -0.684. The molecular formula is C14H17FN2O3S. The lowest BCUT2D eigenvalue weighted by atomic mass is 10.2. The average Bonchev–Trinajstić information content (AvgIpc) is 2.90. The Balaban J connectivity index is 1.97. The number of hydrogen-bond donors (Lipinski definition) is 1. The van der Waals surface area contributed by atoms with E-state index in [1.165, 1.54) is 26.2 Å². The Hall–Kier alpha value is -1.70. The Kier molecular flexibility index (Phi) is 4.76. The zero-order valence-electron chi connectivity index (χ0n) is 11.8. The van der Waals surface area contributed by atoms with Gasteiger partial charge in [-0.1, -0.05) is 18.2 Å². The lowest BCUT2D eigenvalue weighted by molar-refractivity contribution is 0.388. The Morgan fingerprint density at radius 3 is 2.52 bits per heavy atom. The molecule has 0 aliphatic heterocycles. The van der Waals surface area contributed by atoms with Crippen LogP contribution in [0.1, 0.15) is 11.3 Å². The fourth-order valence-corrected chi connectivity index (χ4v) is 2.55. The molecule has 0 atom stereocenters. The molecule has 1 aromatic carbocycles. The second kappa shape index (κ2) is 6.38. The van der Waals surface area contributed by atoms with Crippen molar-refractivity contribution in [2.45, 2.75) is 18.2 Å². The Labute approximate surface area is 123 Å². The van der Waals surface area contributed by atoms with E-state index in [1.807, 2.05) is 0 Å². The van der Waals surface area contributed by atoms with Gasteiger partial charge in [0.05, 0.1) is 6.54 Å². The summed E-state index contributed by atoms with van der Waals surface area (Å²) in [5, 5.41) is 2.91. The van der Waals surface area contributed by atoms with Crippen molar-refractivity contribution in [2.24, 2.45) is 0 Å². The van der Waals surface area contributed by atoms with E-state index in [2.05, 4.69) is 5.32 Å². The third kappa shape index (κ3) is 3.69. The molecular weight excluding hydrogens is 295 g/mol. The zero-order valence-corrected chi connectivity index (χ0v) is 12.7. The second-order valence-electron chi connectivity index (χ2n) is 4.70. The van der Waals surface area contributed by atoms with E-state index in [-0.39, 0.29) is 10.9 Å². The maximum atomic E-state index is 13.4. The molecule has 0 bridgehead atoms. The summed E-state index contributed by atoms with van der Waals surface area (Å²) < 4.78 is 43.5. The first-order chi connectivity index (χ1) is 9.91. The maximum Gasteiger partial charge on any atom is 0.275 e. The summed E-state index contributed by atoms with van der Waals surface area (Å²) in [6, 6.07) is 9.47. The summed E-state index contributed by atoms with van der Waals surface area (Å²) in [4.78, 5) is 0. The van der Waals surface area contributed by atoms with Gasteiger partial charge in [-0.2, -0.15) is 0 Å². The van der Waals surface area contributed by atoms with Gasteiger partial charge in [0.1, 0.15) is 11.6 Å². The molecule has 0 spiro atoms. The number of hydrogen-bond acceptors (Lipinski definition) is 4.